The summed E-state index contributed by atoms with van der Waals surface area (Å²) in [5.74, 6) is 0. The molecule has 0 aromatic carbocycles. The highest BCUT2D eigenvalue weighted by Crippen LogP contribution is 2.32. The van der Waals surface area contributed by atoms with E-state index in [1.54, 1.807) is 0 Å². The second kappa shape index (κ2) is 2.81. The van der Waals surface area contributed by atoms with Crippen molar-refractivity contribution in [1.82, 2.24) is 4.31 Å². The molecule has 0 saturated carbocycles. The van der Waals surface area contributed by atoms with Gasteiger partial charge in [0, 0.05) is 23.6 Å². The van der Waals surface area contributed by atoms with Crippen molar-refractivity contribution in [3.8, 4) is 0 Å². The lowest BCUT2D eigenvalue weighted by molar-refractivity contribution is 0.274. The van der Waals surface area contributed by atoms with Crippen LogP contribution in [0.4, 0.5) is 0 Å². The highest BCUT2D eigenvalue weighted by Gasteiger charge is 2.38. The van der Waals surface area contributed by atoms with E-state index >= 15 is 0 Å². The third kappa shape index (κ3) is 1.57. The van der Waals surface area contributed by atoms with E-state index in [-0.39, 0.29) is 5.54 Å². The van der Waals surface area contributed by atoms with Crippen LogP contribution in [0.5, 0.6) is 0 Å². The van der Waals surface area contributed by atoms with Crippen LogP contribution in [-0.4, -0.2) is 32.1 Å². The Morgan fingerprint density at radius 3 is 2.08 bits per heavy atom. The molecule has 1 atom stereocenters. The molecule has 0 N–H and O–H groups in total. The Hall–Kier alpha value is 0.110. The summed E-state index contributed by atoms with van der Waals surface area (Å²) in [4.78, 5) is 0. The van der Waals surface area contributed by atoms with E-state index in [1.807, 2.05) is 6.26 Å². The van der Waals surface area contributed by atoms with Crippen molar-refractivity contribution in [2.24, 2.45) is 0 Å². The maximum Gasteiger partial charge on any atom is 0.0233 e. The molecule has 1 heterocycles. The third-order valence-electron chi connectivity index (χ3n) is 2.83. The van der Waals surface area contributed by atoms with Gasteiger partial charge in [-0.25, -0.2) is 4.31 Å². The SMILES string of the molecule is CC1CCN(C(C)(C)C)[SH]1(C)=O. The fourth-order valence-corrected chi connectivity index (χ4v) is 4.69. The summed E-state index contributed by atoms with van der Waals surface area (Å²) in [5, 5.41) is 0.386. The summed E-state index contributed by atoms with van der Waals surface area (Å²) >= 11 is 0. The van der Waals surface area contributed by atoms with E-state index in [0.717, 1.165) is 13.0 Å². The highest BCUT2D eigenvalue weighted by molar-refractivity contribution is 8.01. The van der Waals surface area contributed by atoms with Gasteiger partial charge in [-0.05, 0) is 27.2 Å². The minimum absolute atomic E-state index is 0.0645. The van der Waals surface area contributed by atoms with Gasteiger partial charge in [0.15, 0.2) is 0 Å². The molecule has 1 saturated heterocycles. The summed E-state index contributed by atoms with van der Waals surface area (Å²) in [5.41, 5.74) is 0.0645. The minimum atomic E-state index is -2.03. The summed E-state index contributed by atoms with van der Waals surface area (Å²) < 4.78 is 14.4. The second-order valence-corrected chi connectivity index (χ2v) is 8.13. The van der Waals surface area contributed by atoms with Crippen molar-refractivity contribution >= 4 is 10.1 Å². The molecular formula is C9H21NOS. The zero-order chi connectivity index (χ0) is 9.57. The zero-order valence-electron chi connectivity index (χ0n) is 8.79. The Bertz CT molecular complexity index is 219. The predicted octanol–water partition coefficient (Wildman–Crippen LogP) is 1.44. The average molecular weight is 191 g/mol. The van der Waals surface area contributed by atoms with Gasteiger partial charge in [0.2, 0.25) is 0 Å². The highest BCUT2D eigenvalue weighted by atomic mass is 32.3. The van der Waals surface area contributed by atoms with E-state index in [9.17, 15) is 4.21 Å². The average Bonchev–Trinajstić information content (AvgIpc) is 2.06. The number of hydrogen-bond acceptors (Lipinski definition) is 1. The van der Waals surface area contributed by atoms with E-state index in [2.05, 4.69) is 32.0 Å². The van der Waals surface area contributed by atoms with Crippen LogP contribution < -0.4 is 0 Å². The van der Waals surface area contributed by atoms with Crippen LogP contribution in [-0.2, 0) is 10.1 Å². The molecule has 1 aliphatic heterocycles. The van der Waals surface area contributed by atoms with Crippen LogP contribution in [0.2, 0.25) is 0 Å². The number of thiol groups is 1. The zero-order valence-corrected chi connectivity index (χ0v) is 9.69. The molecule has 74 valence electrons. The molecule has 3 heteroatoms. The molecule has 0 aliphatic carbocycles. The summed E-state index contributed by atoms with van der Waals surface area (Å²) in [6.07, 6.45) is 3.01. The monoisotopic (exact) mass is 191 g/mol. The van der Waals surface area contributed by atoms with E-state index < -0.39 is 10.1 Å². The van der Waals surface area contributed by atoms with Crippen molar-refractivity contribution in [3.63, 3.8) is 0 Å². The van der Waals surface area contributed by atoms with Gasteiger partial charge in [-0.15, -0.1) is 0 Å². The van der Waals surface area contributed by atoms with Crippen LogP contribution in [0.1, 0.15) is 34.1 Å². The van der Waals surface area contributed by atoms with Crippen LogP contribution in [0, 0.1) is 0 Å². The molecule has 1 aliphatic rings. The third-order valence-corrected chi connectivity index (χ3v) is 6.48. The van der Waals surface area contributed by atoms with E-state index in [0.29, 0.717) is 5.25 Å². The fourth-order valence-electron chi connectivity index (χ4n) is 1.92. The largest absolute Gasteiger partial charge is 0.271 e. The van der Waals surface area contributed by atoms with Gasteiger partial charge >= 0.3 is 0 Å². The topological polar surface area (TPSA) is 20.3 Å². The van der Waals surface area contributed by atoms with Crippen molar-refractivity contribution in [3.05, 3.63) is 0 Å². The van der Waals surface area contributed by atoms with Gasteiger partial charge in [0.25, 0.3) is 0 Å². The standard InChI is InChI=1S/C9H21NOS/c1-8-6-7-10(9(2,3)4)12(8,5)11/h8,12H,6-7H2,1-5H3. The van der Waals surface area contributed by atoms with Gasteiger partial charge in [-0.2, -0.15) is 0 Å². The molecule has 12 heavy (non-hydrogen) atoms. The minimum Gasteiger partial charge on any atom is -0.271 e. The first-order valence-electron chi connectivity index (χ1n) is 4.61. The van der Waals surface area contributed by atoms with Crippen LogP contribution in [0.15, 0.2) is 0 Å². The summed E-state index contributed by atoms with van der Waals surface area (Å²) in [7, 11) is -2.03. The molecule has 0 aromatic heterocycles. The maximum atomic E-state index is 12.2. The normalized spacial score (nSPS) is 33.6. The van der Waals surface area contributed by atoms with Crippen LogP contribution in [0.25, 0.3) is 0 Å². The molecule has 1 rings (SSSR count). The number of rotatable bonds is 0. The van der Waals surface area contributed by atoms with Crippen molar-refractivity contribution in [1.29, 1.82) is 0 Å². The molecule has 0 spiro atoms. The first-order chi connectivity index (χ1) is 5.26. The van der Waals surface area contributed by atoms with Gasteiger partial charge in [-0.1, -0.05) is 17.0 Å². The van der Waals surface area contributed by atoms with E-state index in [1.165, 1.54) is 0 Å². The molecule has 1 fully saturated rings. The molecule has 0 amide bonds. The molecule has 1 unspecified atom stereocenters. The first kappa shape index (κ1) is 10.2. The Kier molecular flexibility index (Phi) is 2.39. The van der Waals surface area contributed by atoms with Gasteiger partial charge < -0.3 is 0 Å². The Morgan fingerprint density at radius 1 is 1.42 bits per heavy atom. The Morgan fingerprint density at radius 2 is 1.92 bits per heavy atom. The molecule has 0 aromatic rings. The lowest BCUT2D eigenvalue weighted by atomic mass is 10.1. The second-order valence-electron chi connectivity index (χ2n) is 4.87. The van der Waals surface area contributed by atoms with Crippen molar-refractivity contribution < 1.29 is 4.21 Å². The summed E-state index contributed by atoms with van der Waals surface area (Å²) in [6, 6.07) is 0. The van der Waals surface area contributed by atoms with E-state index in [4.69, 9.17) is 0 Å². The lowest BCUT2D eigenvalue weighted by Crippen LogP contribution is -2.46. The predicted molar refractivity (Wildman–Crippen MR) is 56.0 cm³/mol. The Balaban J connectivity index is 2.90. The first-order valence-corrected chi connectivity index (χ1v) is 6.79. The van der Waals surface area contributed by atoms with Gasteiger partial charge in [0.1, 0.15) is 0 Å². The molecule has 0 bridgehead atoms. The molecule has 2 nitrogen and oxygen atoms in total. The fraction of sp³-hybridized carbons (Fsp3) is 1.00. The van der Waals surface area contributed by atoms with Crippen LogP contribution in [0.3, 0.4) is 0 Å². The van der Waals surface area contributed by atoms with Gasteiger partial charge in [0.05, 0.1) is 0 Å². The van der Waals surface area contributed by atoms with Gasteiger partial charge in [-0.3, -0.25) is 4.21 Å². The summed E-state index contributed by atoms with van der Waals surface area (Å²) in [6.45, 7) is 9.52. The van der Waals surface area contributed by atoms with Crippen molar-refractivity contribution in [2.45, 2.75) is 44.9 Å². The van der Waals surface area contributed by atoms with Crippen LogP contribution >= 0.6 is 0 Å². The smallest absolute Gasteiger partial charge is 0.0233 e. The molecular weight excluding hydrogens is 170 g/mol. The van der Waals surface area contributed by atoms with Crippen molar-refractivity contribution in [2.75, 3.05) is 12.8 Å². The molecule has 0 radical (unpaired) electrons. The lowest BCUT2D eigenvalue weighted by Gasteiger charge is -2.39. The maximum absolute atomic E-state index is 12.2. The Labute approximate surface area is 76.9 Å². The quantitative estimate of drug-likeness (QED) is 0.575. The number of nitrogens with zero attached hydrogens (tertiary/aromatic N) is 1. The number of hydrogen-bond donors (Lipinski definition) is 1.